The highest BCUT2D eigenvalue weighted by Crippen LogP contribution is 2.12. The molecule has 1 amide bonds. The molecule has 0 heterocycles. The number of rotatable bonds is 6. The van der Waals surface area contributed by atoms with Gasteiger partial charge in [-0.15, -0.1) is 0 Å². The van der Waals surface area contributed by atoms with Gasteiger partial charge in [-0.05, 0) is 43.3 Å². The zero-order valence-electron chi connectivity index (χ0n) is 13.8. The van der Waals surface area contributed by atoms with Crippen molar-refractivity contribution in [3.63, 3.8) is 0 Å². The largest absolute Gasteiger partial charge is 0.452 e. The molecule has 3 N–H and O–H groups in total. The van der Waals surface area contributed by atoms with Crippen LogP contribution in [0.5, 0.6) is 0 Å². The average molecular weight is 376 g/mol. The first-order valence-electron chi connectivity index (χ1n) is 7.37. The molecule has 0 saturated heterocycles. The number of hydrogen-bond acceptors (Lipinski definition) is 6. The number of sulfonamides is 1. The lowest BCUT2D eigenvalue weighted by Crippen LogP contribution is -2.21. The zero-order chi connectivity index (χ0) is 19.3. The molecule has 2 aromatic rings. The molecule has 0 fully saturated rings. The highest BCUT2D eigenvalue weighted by atomic mass is 32.2. The summed E-state index contributed by atoms with van der Waals surface area (Å²) in [5, 5.41) is 7.47. The van der Waals surface area contributed by atoms with Crippen LogP contribution in [-0.2, 0) is 19.6 Å². The number of amides is 1. The summed E-state index contributed by atoms with van der Waals surface area (Å²) in [7, 11) is -3.86. The van der Waals surface area contributed by atoms with Gasteiger partial charge in [0.2, 0.25) is 10.0 Å². The van der Waals surface area contributed by atoms with Gasteiger partial charge in [0.1, 0.15) is 0 Å². The van der Waals surface area contributed by atoms with E-state index in [1.54, 1.807) is 18.2 Å². The number of ether oxygens (including phenoxy) is 1. The Labute approximate surface area is 150 Å². The van der Waals surface area contributed by atoms with Crippen molar-refractivity contribution in [2.75, 3.05) is 11.9 Å². The Kier molecular flexibility index (Phi) is 5.86. The summed E-state index contributed by atoms with van der Waals surface area (Å²) in [5.74, 6) is -1.52. The highest BCUT2D eigenvalue weighted by molar-refractivity contribution is 7.89. The molecule has 9 heteroatoms. The summed E-state index contributed by atoms with van der Waals surface area (Å²) in [5.41, 5.74) is 0.912. The van der Waals surface area contributed by atoms with Crippen LogP contribution in [0.25, 0.3) is 0 Å². The van der Waals surface area contributed by atoms with Crippen LogP contribution in [0.1, 0.15) is 27.6 Å². The zero-order valence-corrected chi connectivity index (χ0v) is 14.6. The summed E-state index contributed by atoms with van der Waals surface area (Å²) >= 11 is 0. The molecule has 136 valence electrons. The molecule has 0 bridgehead atoms. The first kappa shape index (κ1) is 19.3. The molecule has 8 nitrogen and oxygen atoms in total. The summed E-state index contributed by atoms with van der Waals surface area (Å²) in [4.78, 5) is 34.9. The van der Waals surface area contributed by atoms with Crippen LogP contribution in [0.3, 0.4) is 0 Å². The van der Waals surface area contributed by atoms with Crippen molar-refractivity contribution in [3.8, 4) is 0 Å². The number of nitrogens with two attached hydrogens (primary N) is 1. The molecule has 0 spiro atoms. The second kappa shape index (κ2) is 7.89. The quantitative estimate of drug-likeness (QED) is 0.577. The van der Waals surface area contributed by atoms with Crippen molar-refractivity contribution in [2.24, 2.45) is 5.14 Å². The van der Waals surface area contributed by atoms with Crippen molar-refractivity contribution < 1.29 is 27.5 Å². The van der Waals surface area contributed by atoms with Crippen LogP contribution in [0, 0.1) is 0 Å². The number of Topliss-reactive ketones (excluding diaryl/α,β-unsaturated/α-hetero) is 1. The molecule has 0 saturated carbocycles. The van der Waals surface area contributed by atoms with E-state index in [4.69, 9.17) is 9.88 Å². The lowest BCUT2D eigenvalue weighted by molar-refractivity contribution is -0.119. The van der Waals surface area contributed by atoms with E-state index in [9.17, 15) is 22.8 Å². The summed E-state index contributed by atoms with van der Waals surface area (Å²) in [6, 6.07) is 11.1. The smallest absolute Gasteiger partial charge is 0.338 e. The fraction of sp³-hybridized carbons (Fsp3) is 0.118. The molecule has 2 rings (SSSR count). The summed E-state index contributed by atoms with van der Waals surface area (Å²) in [6.07, 6.45) is 0. The predicted octanol–water partition coefficient (Wildman–Crippen LogP) is 1.33. The van der Waals surface area contributed by atoms with Gasteiger partial charge in [-0.3, -0.25) is 9.59 Å². The number of carbonyl (C=O) groups is 3. The minimum Gasteiger partial charge on any atom is -0.452 e. The van der Waals surface area contributed by atoms with E-state index in [0.29, 0.717) is 11.3 Å². The summed E-state index contributed by atoms with van der Waals surface area (Å²) < 4.78 is 27.2. The third kappa shape index (κ3) is 5.23. The predicted molar refractivity (Wildman–Crippen MR) is 93.2 cm³/mol. The highest BCUT2D eigenvalue weighted by Gasteiger charge is 2.13. The molecule has 0 aliphatic heterocycles. The fourth-order valence-electron chi connectivity index (χ4n) is 2.01. The van der Waals surface area contributed by atoms with Gasteiger partial charge < -0.3 is 10.1 Å². The van der Waals surface area contributed by atoms with Crippen LogP contribution in [0.15, 0.2) is 53.4 Å². The topological polar surface area (TPSA) is 133 Å². The Morgan fingerprint density at radius 3 is 2.27 bits per heavy atom. The molecule has 0 atom stereocenters. The minimum atomic E-state index is -3.86. The van der Waals surface area contributed by atoms with E-state index < -0.39 is 28.5 Å². The van der Waals surface area contributed by atoms with Crippen LogP contribution < -0.4 is 10.5 Å². The monoisotopic (exact) mass is 376 g/mol. The molecule has 0 aliphatic rings. The molecular formula is C17H16N2O6S. The van der Waals surface area contributed by atoms with Crippen molar-refractivity contribution in [2.45, 2.75) is 11.8 Å². The normalized spacial score (nSPS) is 10.8. The van der Waals surface area contributed by atoms with E-state index in [-0.39, 0.29) is 16.2 Å². The number of hydrogen-bond donors (Lipinski definition) is 2. The Morgan fingerprint density at radius 1 is 1.04 bits per heavy atom. The SMILES string of the molecule is CC(=O)c1cccc(NC(=O)COC(=O)c2ccc(S(N)(=O)=O)cc2)c1. The third-order valence-corrected chi connectivity index (χ3v) is 4.23. The Morgan fingerprint density at radius 2 is 1.69 bits per heavy atom. The molecule has 26 heavy (non-hydrogen) atoms. The number of esters is 1. The molecular weight excluding hydrogens is 360 g/mol. The number of benzene rings is 2. The average Bonchev–Trinajstić information content (AvgIpc) is 2.59. The van der Waals surface area contributed by atoms with E-state index in [1.807, 2.05) is 0 Å². The summed E-state index contributed by atoms with van der Waals surface area (Å²) in [6.45, 7) is 0.865. The van der Waals surface area contributed by atoms with E-state index in [1.165, 1.54) is 37.3 Å². The van der Waals surface area contributed by atoms with Crippen LogP contribution in [-0.4, -0.2) is 32.7 Å². The van der Waals surface area contributed by atoms with Crippen molar-refractivity contribution in [1.82, 2.24) is 0 Å². The maximum Gasteiger partial charge on any atom is 0.338 e. The number of nitrogens with one attached hydrogen (secondary N) is 1. The Hall–Kier alpha value is -3.04. The van der Waals surface area contributed by atoms with Gasteiger partial charge in [0.25, 0.3) is 5.91 Å². The molecule has 0 aromatic heterocycles. The van der Waals surface area contributed by atoms with Crippen molar-refractivity contribution in [3.05, 3.63) is 59.7 Å². The maximum atomic E-state index is 11.9. The van der Waals surface area contributed by atoms with Crippen molar-refractivity contribution >= 4 is 33.4 Å². The van der Waals surface area contributed by atoms with Gasteiger partial charge in [0, 0.05) is 11.3 Å². The van der Waals surface area contributed by atoms with Gasteiger partial charge >= 0.3 is 5.97 Å². The number of carbonyl (C=O) groups excluding carboxylic acids is 3. The minimum absolute atomic E-state index is 0.0729. The Bertz CT molecular complexity index is 951. The standard InChI is InChI=1S/C17H16N2O6S/c1-11(20)13-3-2-4-14(9-13)19-16(21)10-25-17(22)12-5-7-15(8-6-12)26(18,23)24/h2-9H,10H2,1H3,(H,19,21)(H2,18,23,24). The molecule has 0 unspecified atom stereocenters. The van der Waals surface area contributed by atoms with E-state index >= 15 is 0 Å². The first-order valence-corrected chi connectivity index (χ1v) is 8.92. The molecule has 0 radical (unpaired) electrons. The van der Waals surface area contributed by atoms with Crippen LogP contribution >= 0.6 is 0 Å². The number of ketones is 1. The second-order valence-corrected chi connectivity index (χ2v) is 6.89. The Balaban J connectivity index is 1.93. The maximum absolute atomic E-state index is 11.9. The van der Waals surface area contributed by atoms with Gasteiger partial charge in [-0.1, -0.05) is 12.1 Å². The lowest BCUT2D eigenvalue weighted by atomic mass is 10.1. The van der Waals surface area contributed by atoms with Gasteiger partial charge in [-0.25, -0.2) is 18.4 Å². The van der Waals surface area contributed by atoms with E-state index in [0.717, 1.165) is 0 Å². The van der Waals surface area contributed by atoms with Crippen LogP contribution in [0.4, 0.5) is 5.69 Å². The van der Waals surface area contributed by atoms with Gasteiger partial charge in [0.05, 0.1) is 10.5 Å². The van der Waals surface area contributed by atoms with Crippen LogP contribution in [0.2, 0.25) is 0 Å². The number of anilines is 1. The fourth-order valence-corrected chi connectivity index (χ4v) is 2.52. The van der Waals surface area contributed by atoms with E-state index in [2.05, 4.69) is 5.32 Å². The van der Waals surface area contributed by atoms with Gasteiger partial charge in [0.15, 0.2) is 12.4 Å². The lowest BCUT2D eigenvalue weighted by Gasteiger charge is -2.08. The first-order chi connectivity index (χ1) is 12.2. The van der Waals surface area contributed by atoms with Crippen molar-refractivity contribution in [1.29, 1.82) is 0 Å². The molecule has 2 aromatic carbocycles. The second-order valence-electron chi connectivity index (χ2n) is 5.33. The molecule has 0 aliphatic carbocycles. The van der Waals surface area contributed by atoms with Gasteiger partial charge in [-0.2, -0.15) is 0 Å². The number of primary sulfonamides is 1. The third-order valence-electron chi connectivity index (χ3n) is 3.31.